The van der Waals surface area contributed by atoms with E-state index in [1.165, 1.54) is 11.3 Å². The smallest absolute Gasteiger partial charge is 0.305 e. The van der Waals surface area contributed by atoms with E-state index in [9.17, 15) is 4.79 Å². The highest BCUT2D eigenvalue weighted by Crippen LogP contribution is 2.30. The highest BCUT2D eigenvalue weighted by Gasteiger charge is 2.25. The van der Waals surface area contributed by atoms with Crippen LogP contribution in [0.15, 0.2) is 22.7 Å². The van der Waals surface area contributed by atoms with Crippen molar-refractivity contribution in [2.24, 2.45) is 0 Å². The molecule has 0 bridgehead atoms. The van der Waals surface area contributed by atoms with E-state index in [2.05, 4.69) is 39.9 Å². The second-order valence-electron chi connectivity index (χ2n) is 4.87. The van der Waals surface area contributed by atoms with Crippen LogP contribution in [0.3, 0.4) is 0 Å². The summed E-state index contributed by atoms with van der Waals surface area (Å²) < 4.78 is 1.07. The number of benzene rings is 1. The van der Waals surface area contributed by atoms with Gasteiger partial charge >= 0.3 is 5.97 Å². The van der Waals surface area contributed by atoms with Crippen LogP contribution in [-0.2, 0) is 4.79 Å². The Morgan fingerprint density at radius 1 is 1.50 bits per heavy atom. The normalized spacial score (nSPS) is 19.9. The third-order valence-electron chi connectivity index (χ3n) is 3.51. The molecule has 1 aromatic rings. The van der Waals surface area contributed by atoms with E-state index in [1.807, 2.05) is 6.07 Å². The average Bonchev–Trinajstić information content (AvgIpc) is 2.30. The molecule has 4 heteroatoms. The SMILES string of the molecule is Cc1cc(Br)ccc1N1CCCCC1CC(=O)O. The molecule has 1 unspecified atom stereocenters. The van der Waals surface area contributed by atoms with Gasteiger partial charge in [-0.05, 0) is 49.9 Å². The van der Waals surface area contributed by atoms with Gasteiger partial charge in [-0.25, -0.2) is 0 Å². The Kier molecular flexibility index (Phi) is 4.27. The number of anilines is 1. The van der Waals surface area contributed by atoms with E-state index >= 15 is 0 Å². The molecule has 98 valence electrons. The summed E-state index contributed by atoms with van der Waals surface area (Å²) in [6, 6.07) is 6.33. The molecule has 0 amide bonds. The highest BCUT2D eigenvalue weighted by molar-refractivity contribution is 9.10. The van der Waals surface area contributed by atoms with Crippen molar-refractivity contribution in [3.05, 3.63) is 28.2 Å². The lowest BCUT2D eigenvalue weighted by atomic mass is 9.97. The van der Waals surface area contributed by atoms with Gasteiger partial charge in [0.1, 0.15) is 0 Å². The van der Waals surface area contributed by atoms with Crippen LogP contribution in [0.1, 0.15) is 31.2 Å². The van der Waals surface area contributed by atoms with E-state index in [4.69, 9.17) is 5.11 Å². The van der Waals surface area contributed by atoms with Crippen LogP contribution >= 0.6 is 15.9 Å². The van der Waals surface area contributed by atoms with Gasteiger partial charge in [0.05, 0.1) is 6.42 Å². The second kappa shape index (κ2) is 5.74. The predicted molar refractivity (Wildman–Crippen MR) is 76.1 cm³/mol. The zero-order valence-electron chi connectivity index (χ0n) is 10.5. The molecule has 1 aliphatic rings. The van der Waals surface area contributed by atoms with Gasteiger partial charge in [-0.2, -0.15) is 0 Å². The number of rotatable bonds is 3. The molecular weight excluding hydrogens is 294 g/mol. The molecule has 0 spiro atoms. The monoisotopic (exact) mass is 311 g/mol. The molecule has 1 N–H and O–H groups in total. The fourth-order valence-electron chi connectivity index (χ4n) is 2.67. The highest BCUT2D eigenvalue weighted by atomic mass is 79.9. The Hall–Kier alpha value is -1.03. The van der Waals surface area contributed by atoms with Crippen LogP contribution in [0.5, 0.6) is 0 Å². The summed E-state index contributed by atoms with van der Waals surface area (Å²) >= 11 is 3.46. The Balaban J connectivity index is 2.24. The number of carbonyl (C=O) groups is 1. The number of hydrogen-bond acceptors (Lipinski definition) is 2. The third-order valence-corrected chi connectivity index (χ3v) is 4.00. The minimum absolute atomic E-state index is 0.135. The van der Waals surface area contributed by atoms with E-state index in [-0.39, 0.29) is 12.5 Å². The zero-order chi connectivity index (χ0) is 13.1. The lowest BCUT2D eigenvalue weighted by molar-refractivity contribution is -0.137. The number of carboxylic acids is 1. The minimum atomic E-state index is -0.707. The summed E-state index contributed by atoms with van der Waals surface area (Å²) in [6.07, 6.45) is 3.48. The van der Waals surface area contributed by atoms with Crippen LogP contribution in [0.4, 0.5) is 5.69 Å². The first kappa shape index (κ1) is 13.4. The number of nitrogens with zero attached hydrogens (tertiary/aromatic N) is 1. The van der Waals surface area contributed by atoms with E-state index in [1.54, 1.807) is 0 Å². The Bertz CT molecular complexity index is 447. The van der Waals surface area contributed by atoms with E-state index in [0.717, 1.165) is 30.3 Å². The molecule has 0 aromatic heterocycles. The summed E-state index contributed by atoms with van der Waals surface area (Å²) in [5, 5.41) is 9.01. The number of halogens is 1. The van der Waals surface area contributed by atoms with Gasteiger partial charge in [0.2, 0.25) is 0 Å². The first-order valence-electron chi connectivity index (χ1n) is 6.32. The van der Waals surface area contributed by atoms with Crippen molar-refractivity contribution in [2.75, 3.05) is 11.4 Å². The van der Waals surface area contributed by atoms with Gasteiger partial charge in [0, 0.05) is 22.7 Å². The zero-order valence-corrected chi connectivity index (χ0v) is 12.1. The Morgan fingerprint density at radius 2 is 2.28 bits per heavy atom. The van der Waals surface area contributed by atoms with Crippen molar-refractivity contribution < 1.29 is 9.90 Å². The molecule has 1 heterocycles. The summed E-state index contributed by atoms with van der Waals surface area (Å²) in [7, 11) is 0. The molecule has 1 fully saturated rings. The van der Waals surface area contributed by atoms with Gasteiger partial charge in [0.15, 0.2) is 0 Å². The van der Waals surface area contributed by atoms with Gasteiger partial charge in [-0.3, -0.25) is 4.79 Å². The second-order valence-corrected chi connectivity index (χ2v) is 5.79. The molecule has 1 aliphatic heterocycles. The third kappa shape index (κ3) is 3.05. The predicted octanol–water partition coefficient (Wildman–Crippen LogP) is 3.59. The largest absolute Gasteiger partial charge is 0.481 e. The van der Waals surface area contributed by atoms with E-state index < -0.39 is 5.97 Å². The number of piperidine rings is 1. The van der Waals surface area contributed by atoms with Gasteiger partial charge in [-0.1, -0.05) is 15.9 Å². The maximum atomic E-state index is 10.9. The van der Waals surface area contributed by atoms with Crippen molar-refractivity contribution in [1.82, 2.24) is 0 Å². The topological polar surface area (TPSA) is 40.5 Å². The van der Waals surface area contributed by atoms with Crippen LogP contribution < -0.4 is 4.90 Å². The quantitative estimate of drug-likeness (QED) is 0.927. The van der Waals surface area contributed by atoms with Crippen LogP contribution in [0, 0.1) is 6.92 Å². The molecule has 0 aliphatic carbocycles. The minimum Gasteiger partial charge on any atom is -0.481 e. The first-order chi connectivity index (χ1) is 8.58. The molecule has 1 aromatic carbocycles. The van der Waals surface area contributed by atoms with Crippen molar-refractivity contribution in [2.45, 2.75) is 38.6 Å². The molecule has 3 nitrogen and oxygen atoms in total. The van der Waals surface area contributed by atoms with Crippen LogP contribution in [0.25, 0.3) is 0 Å². The van der Waals surface area contributed by atoms with Gasteiger partial charge < -0.3 is 10.0 Å². The van der Waals surface area contributed by atoms with Crippen LogP contribution in [-0.4, -0.2) is 23.7 Å². The molecule has 0 radical (unpaired) electrons. The van der Waals surface area contributed by atoms with E-state index in [0.29, 0.717) is 0 Å². The number of aliphatic carboxylic acids is 1. The van der Waals surface area contributed by atoms with Crippen molar-refractivity contribution in [1.29, 1.82) is 0 Å². The summed E-state index contributed by atoms with van der Waals surface area (Å²) in [5.74, 6) is -0.707. The maximum Gasteiger partial charge on any atom is 0.305 e. The summed E-state index contributed by atoms with van der Waals surface area (Å²) in [5.41, 5.74) is 2.37. The molecule has 2 rings (SSSR count). The Labute approximate surface area is 116 Å². The van der Waals surface area contributed by atoms with Crippen LogP contribution in [0.2, 0.25) is 0 Å². The lowest BCUT2D eigenvalue weighted by Crippen LogP contribution is -2.41. The molecule has 1 atom stereocenters. The molecule has 1 saturated heterocycles. The summed E-state index contributed by atoms with van der Waals surface area (Å²) in [6.45, 7) is 3.03. The fourth-order valence-corrected chi connectivity index (χ4v) is 3.15. The average molecular weight is 312 g/mol. The van der Waals surface area contributed by atoms with Crippen molar-refractivity contribution in [3.63, 3.8) is 0 Å². The maximum absolute atomic E-state index is 10.9. The number of aryl methyl sites for hydroxylation is 1. The molecular formula is C14H18BrNO2. The lowest BCUT2D eigenvalue weighted by Gasteiger charge is -2.37. The Morgan fingerprint density at radius 3 is 2.94 bits per heavy atom. The number of carboxylic acid groups (broad SMARTS) is 1. The summed E-state index contributed by atoms with van der Waals surface area (Å²) in [4.78, 5) is 13.2. The molecule has 18 heavy (non-hydrogen) atoms. The first-order valence-corrected chi connectivity index (χ1v) is 7.12. The standard InChI is InChI=1S/C14H18BrNO2/c1-10-8-11(15)5-6-13(10)16-7-3-2-4-12(16)9-14(17)18/h5-6,8,12H,2-4,7,9H2,1H3,(H,17,18). The van der Waals surface area contributed by atoms with Crippen molar-refractivity contribution in [3.8, 4) is 0 Å². The van der Waals surface area contributed by atoms with Gasteiger partial charge in [0.25, 0.3) is 0 Å². The molecule has 0 saturated carbocycles. The fraction of sp³-hybridized carbons (Fsp3) is 0.500. The van der Waals surface area contributed by atoms with Gasteiger partial charge in [-0.15, -0.1) is 0 Å². The number of hydrogen-bond donors (Lipinski definition) is 1. The van der Waals surface area contributed by atoms with Crippen molar-refractivity contribution >= 4 is 27.6 Å².